The van der Waals surface area contributed by atoms with Gasteiger partial charge in [-0.2, -0.15) is 0 Å². The first kappa shape index (κ1) is 17.8. The molecule has 3 N–H and O–H groups in total. The zero-order valence-electron chi connectivity index (χ0n) is 14.6. The average molecular weight is 326 g/mol. The molecule has 2 aromatic rings. The number of methoxy groups -OCH3 is 1. The van der Waals surface area contributed by atoms with E-state index in [4.69, 9.17) is 10.5 Å². The molecular weight excluding hydrogens is 300 g/mol. The third-order valence-corrected chi connectivity index (χ3v) is 3.89. The minimum atomic E-state index is 0.283. The first-order valence-corrected chi connectivity index (χ1v) is 8.00. The summed E-state index contributed by atoms with van der Waals surface area (Å²) in [6, 6.07) is 18.3. The van der Waals surface area contributed by atoms with Crippen molar-refractivity contribution in [2.45, 2.75) is 12.5 Å². The Kier molecular flexibility index (Phi) is 6.63. The van der Waals surface area contributed by atoms with Gasteiger partial charge in [0.2, 0.25) is 0 Å². The lowest BCUT2D eigenvalue weighted by molar-refractivity contribution is 0.298. The summed E-state index contributed by atoms with van der Waals surface area (Å²) in [6.07, 6.45) is 0.930. The fourth-order valence-electron chi connectivity index (χ4n) is 2.43. The lowest BCUT2D eigenvalue weighted by atomic mass is 10.1. The molecule has 5 heteroatoms. The third kappa shape index (κ3) is 5.28. The minimum Gasteiger partial charge on any atom is -0.495 e. The van der Waals surface area contributed by atoms with Crippen LogP contribution in [0.3, 0.4) is 0 Å². The van der Waals surface area contributed by atoms with Crippen LogP contribution < -0.4 is 15.8 Å². The van der Waals surface area contributed by atoms with E-state index in [1.165, 1.54) is 5.56 Å². The summed E-state index contributed by atoms with van der Waals surface area (Å²) in [4.78, 5) is 6.67. The molecule has 5 nitrogen and oxygen atoms in total. The van der Waals surface area contributed by atoms with Crippen LogP contribution in [0.4, 0.5) is 5.69 Å². The Morgan fingerprint density at radius 1 is 1.12 bits per heavy atom. The number of hydrogen-bond donors (Lipinski definition) is 2. The molecule has 0 amide bonds. The van der Waals surface area contributed by atoms with Gasteiger partial charge in [-0.15, -0.1) is 0 Å². The largest absolute Gasteiger partial charge is 0.495 e. The zero-order chi connectivity index (χ0) is 17.4. The monoisotopic (exact) mass is 326 g/mol. The lowest BCUT2D eigenvalue weighted by Crippen LogP contribution is -2.34. The second-order valence-electron chi connectivity index (χ2n) is 5.86. The zero-order valence-corrected chi connectivity index (χ0v) is 14.6. The number of guanidine groups is 1. The molecule has 0 spiro atoms. The number of nitrogens with two attached hydrogens (primary N) is 1. The van der Waals surface area contributed by atoms with Gasteiger partial charge in [-0.05, 0) is 38.2 Å². The Labute approximate surface area is 144 Å². The Balaban J connectivity index is 2.00. The van der Waals surface area contributed by atoms with Gasteiger partial charge in [0, 0.05) is 6.04 Å². The van der Waals surface area contributed by atoms with Crippen molar-refractivity contribution in [1.82, 2.24) is 4.90 Å². The molecule has 0 bridgehead atoms. The standard InChI is InChI=1S/C19H26N4O/c1-23(2)16(13-15-9-5-4-6-10-15)14-21-19(20)22-17-11-7-8-12-18(17)24-3/h4-12,16H,13-14H2,1-3H3,(H3,20,21,22). The summed E-state index contributed by atoms with van der Waals surface area (Å²) >= 11 is 0. The highest BCUT2D eigenvalue weighted by atomic mass is 16.5. The highest BCUT2D eigenvalue weighted by Gasteiger charge is 2.12. The van der Waals surface area contributed by atoms with E-state index in [0.29, 0.717) is 12.5 Å². The van der Waals surface area contributed by atoms with Gasteiger partial charge in [-0.1, -0.05) is 42.5 Å². The van der Waals surface area contributed by atoms with Crippen molar-refractivity contribution in [3.05, 3.63) is 60.2 Å². The second-order valence-corrected chi connectivity index (χ2v) is 5.86. The van der Waals surface area contributed by atoms with E-state index in [-0.39, 0.29) is 6.04 Å². The van der Waals surface area contributed by atoms with Crippen molar-refractivity contribution in [2.24, 2.45) is 10.7 Å². The van der Waals surface area contributed by atoms with E-state index in [0.717, 1.165) is 17.9 Å². The van der Waals surface area contributed by atoms with Gasteiger partial charge in [-0.25, -0.2) is 0 Å². The molecule has 1 atom stereocenters. The fraction of sp³-hybridized carbons (Fsp3) is 0.316. The Morgan fingerprint density at radius 3 is 2.46 bits per heavy atom. The van der Waals surface area contributed by atoms with E-state index in [1.807, 2.05) is 30.3 Å². The topological polar surface area (TPSA) is 62.9 Å². The van der Waals surface area contributed by atoms with Gasteiger partial charge in [0.25, 0.3) is 0 Å². The third-order valence-electron chi connectivity index (χ3n) is 3.89. The van der Waals surface area contributed by atoms with E-state index < -0.39 is 0 Å². The number of nitrogens with zero attached hydrogens (tertiary/aromatic N) is 2. The van der Waals surface area contributed by atoms with Crippen molar-refractivity contribution in [2.75, 3.05) is 33.1 Å². The molecule has 0 fully saturated rings. The molecule has 1 unspecified atom stereocenters. The summed E-state index contributed by atoms with van der Waals surface area (Å²) in [6.45, 7) is 0.621. The summed E-state index contributed by atoms with van der Waals surface area (Å²) < 4.78 is 5.31. The van der Waals surface area contributed by atoms with E-state index in [9.17, 15) is 0 Å². The Morgan fingerprint density at radius 2 is 1.79 bits per heavy atom. The number of aliphatic imine (C=N–C) groups is 1. The van der Waals surface area contributed by atoms with Crippen LogP contribution in [-0.4, -0.2) is 44.7 Å². The number of rotatable bonds is 7. The molecule has 0 saturated carbocycles. The molecule has 0 heterocycles. The molecule has 2 aromatic carbocycles. The van der Waals surface area contributed by atoms with Gasteiger partial charge < -0.3 is 20.7 Å². The quantitative estimate of drug-likeness (QED) is 0.606. The molecule has 24 heavy (non-hydrogen) atoms. The highest BCUT2D eigenvalue weighted by molar-refractivity contribution is 5.93. The van der Waals surface area contributed by atoms with Crippen LogP contribution in [0.15, 0.2) is 59.6 Å². The van der Waals surface area contributed by atoms with Gasteiger partial charge >= 0.3 is 0 Å². The molecule has 0 aliphatic heterocycles. The fourth-order valence-corrected chi connectivity index (χ4v) is 2.43. The number of hydrogen-bond acceptors (Lipinski definition) is 3. The van der Waals surface area contributed by atoms with Gasteiger partial charge in [0.05, 0.1) is 19.3 Å². The van der Waals surface area contributed by atoms with Gasteiger partial charge in [0.15, 0.2) is 5.96 Å². The van der Waals surface area contributed by atoms with Crippen molar-refractivity contribution in [1.29, 1.82) is 0 Å². The molecule has 128 valence electrons. The molecule has 0 saturated heterocycles. The number of anilines is 1. The van der Waals surface area contributed by atoms with Gasteiger partial charge in [-0.3, -0.25) is 4.99 Å². The minimum absolute atomic E-state index is 0.283. The molecular formula is C19H26N4O. The van der Waals surface area contributed by atoms with Crippen LogP contribution in [0.1, 0.15) is 5.56 Å². The maximum atomic E-state index is 6.04. The van der Waals surface area contributed by atoms with Crippen LogP contribution in [0, 0.1) is 0 Å². The van der Waals surface area contributed by atoms with Crippen molar-refractivity contribution in [3.63, 3.8) is 0 Å². The summed E-state index contributed by atoms with van der Waals surface area (Å²) in [5.41, 5.74) is 8.14. The first-order chi connectivity index (χ1) is 11.6. The molecule has 0 aliphatic carbocycles. The number of ether oxygens (including phenoxy) is 1. The number of nitrogens with one attached hydrogen (secondary N) is 1. The summed E-state index contributed by atoms with van der Waals surface area (Å²) in [5.74, 6) is 1.13. The summed E-state index contributed by atoms with van der Waals surface area (Å²) in [5, 5.41) is 3.10. The number of likely N-dealkylation sites (N-methyl/N-ethyl adjacent to an activating group) is 1. The number of benzene rings is 2. The van der Waals surface area contributed by atoms with Crippen molar-refractivity contribution >= 4 is 11.6 Å². The van der Waals surface area contributed by atoms with Crippen LogP contribution in [0.25, 0.3) is 0 Å². The van der Waals surface area contributed by atoms with Crippen LogP contribution in [0.5, 0.6) is 5.75 Å². The number of para-hydroxylation sites is 2. The van der Waals surface area contributed by atoms with Crippen molar-refractivity contribution < 1.29 is 4.74 Å². The maximum Gasteiger partial charge on any atom is 0.193 e. The predicted molar refractivity (Wildman–Crippen MR) is 101 cm³/mol. The van der Waals surface area contributed by atoms with Gasteiger partial charge in [0.1, 0.15) is 5.75 Å². The summed E-state index contributed by atoms with van der Waals surface area (Å²) in [7, 11) is 5.76. The van der Waals surface area contributed by atoms with E-state index in [2.05, 4.69) is 53.6 Å². The molecule has 0 radical (unpaired) electrons. The lowest BCUT2D eigenvalue weighted by Gasteiger charge is -2.23. The molecule has 0 aliphatic rings. The van der Waals surface area contributed by atoms with Crippen LogP contribution in [-0.2, 0) is 6.42 Å². The Hall–Kier alpha value is -2.53. The van der Waals surface area contributed by atoms with Crippen molar-refractivity contribution in [3.8, 4) is 5.75 Å². The molecule has 0 aromatic heterocycles. The molecule has 2 rings (SSSR count). The normalized spacial score (nSPS) is 12.9. The van der Waals surface area contributed by atoms with Crippen LogP contribution >= 0.6 is 0 Å². The smallest absolute Gasteiger partial charge is 0.193 e. The van der Waals surface area contributed by atoms with E-state index in [1.54, 1.807) is 7.11 Å². The van der Waals surface area contributed by atoms with E-state index >= 15 is 0 Å². The van der Waals surface area contributed by atoms with Crippen LogP contribution in [0.2, 0.25) is 0 Å². The SMILES string of the molecule is COc1ccccc1NC(N)=NCC(Cc1ccccc1)N(C)C. The predicted octanol–water partition coefficient (Wildman–Crippen LogP) is 2.59. The highest BCUT2D eigenvalue weighted by Crippen LogP contribution is 2.22. The second kappa shape index (κ2) is 8.93. The average Bonchev–Trinajstić information content (AvgIpc) is 2.59. The maximum absolute atomic E-state index is 6.04. The first-order valence-electron chi connectivity index (χ1n) is 8.00. The Bertz CT molecular complexity index is 655.